The predicted octanol–water partition coefficient (Wildman–Crippen LogP) is 2.48. The van der Waals surface area contributed by atoms with Gasteiger partial charge in [-0.2, -0.15) is 0 Å². The maximum Gasteiger partial charge on any atom is 0.319 e. The van der Waals surface area contributed by atoms with Gasteiger partial charge in [0.1, 0.15) is 5.69 Å². The molecule has 0 bridgehead atoms. The van der Waals surface area contributed by atoms with Gasteiger partial charge in [-0.3, -0.25) is 4.79 Å². The van der Waals surface area contributed by atoms with Crippen LogP contribution in [0.1, 0.15) is 13.3 Å². The number of benzene rings is 1. The number of aliphatic carboxylic acids is 1. The number of halogens is 4. The SMILES string of the molecule is CC(CCNC(=O)Nc1c(F)c(F)cc(F)c1F)C(=O)O. The van der Waals surface area contributed by atoms with E-state index in [1.54, 1.807) is 5.32 Å². The van der Waals surface area contributed by atoms with Crippen molar-refractivity contribution in [2.45, 2.75) is 13.3 Å². The minimum absolute atomic E-state index is 0.0162. The number of anilines is 1. The van der Waals surface area contributed by atoms with E-state index in [2.05, 4.69) is 5.32 Å². The summed E-state index contributed by atoms with van der Waals surface area (Å²) < 4.78 is 52.3. The van der Waals surface area contributed by atoms with E-state index < -0.39 is 46.9 Å². The molecule has 9 heteroatoms. The molecule has 0 radical (unpaired) electrons. The molecule has 5 nitrogen and oxygen atoms in total. The molecule has 3 N–H and O–H groups in total. The van der Waals surface area contributed by atoms with E-state index in [-0.39, 0.29) is 19.0 Å². The molecule has 0 saturated heterocycles. The lowest BCUT2D eigenvalue weighted by atomic mass is 10.1. The van der Waals surface area contributed by atoms with Gasteiger partial charge in [-0.25, -0.2) is 22.4 Å². The van der Waals surface area contributed by atoms with Crippen molar-refractivity contribution in [2.24, 2.45) is 5.92 Å². The maximum absolute atomic E-state index is 13.3. The van der Waals surface area contributed by atoms with Gasteiger partial charge >= 0.3 is 12.0 Å². The Morgan fingerprint density at radius 1 is 1.19 bits per heavy atom. The van der Waals surface area contributed by atoms with E-state index in [1.165, 1.54) is 6.92 Å². The first-order valence-corrected chi connectivity index (χ1v) is 5.84. The maximum atomic E-state index is 13.3. The molecule has 0 aliphatic carbocycles. The molecule has 1 atom stereocenters. The van der Waals surface area contributed by atoms with E-state index in [9.17, 15) is 27.2 Å². The minimum Gasteiger partial charge on any atom is -0.481 e. The highest BCUT2D eigenvalue weighted by molar-refractivity contribution is 5.89. The molecule has 0 heterocycles. The Balaban J connectivity index is 2.66. The van der Waals surface area contributed by atoms with Gasteiger partial charge in [0.15, 0.2) is 23.3 Å². The molecule has 1 unspecified atom stereocenters. The second-order valence-corrected chi connectivity index (χ2v) is 4.25. The van der Waals surface area contributed by atoms with E-state index in [1.807, 2.05) is 0 Å². The first-order valence-electron chi connectivity index (χ1n) is 5.84. The summed E-state index contributed by atoms with van der Waals surface area (Å²) in [5.41, 5.74) is -1.25. The molecule has 116 valence electrons. The summed E-state index contributed by atoms with van der Waals surface area (Å²) in [6.45, 7) is 1.31. The monoisotopic (exact) mass is 308 g/mol. The zero-order valence-electron chi connectivity index (χ0n) is 10.8. The summed E-state index contributed by atoms with van der Waals surface area (Å²) in [4.78, 5) is 21.9. The highest BCUT2D eigenvalue weighted by atomic mass is 19.2. The van der Waals surface area contributed by atoms with Crippen LogP contribution in [0.2, 0.25) is 0 Å². The second kappa shape index (κ2) is 6.91. The van der Waals surface area contributed by atoms with E-state index in [4.69, 9.17) is 5.11 Å². The molecule has 0 spiro atoms. The summed E-state index contributed by atoms with van der Waals surface area (Å²) >= 11 is 0. The number of rotatable bonds is 5. The van der Waals surface area contributed by atoms with Gasteiger partial charge in [-0.15, -0.1) is 0 Å². The number of carboxylic acid groups (broad SMARTS) is 1. The quantitative estimate of drug-likeness (QED) is 0.577. The van der Waals surface area contributed by atoms with E-state index >= 15 is 0 Å². The van der Waals surface area contributed by atoms with Crippen LogP contribution in [0.4, 0.5) is 28.0 Å². The normalized spacial score (nSPS) is 11.9. The Morgan fingerprint density at radius 2 is 1.71 bits per heavy atom. The third-order valence-corrected chi connectivity index (χ3v) is 2.63. The largest absolute Gasteiger partial charge is 0.481 e. The number of urea groups is 1. The van der Waals surface area contributed by atoms with Gasteiger partial charge in [0, 0.05) is 12.6 Å². The van der Waals surface area contributed by atoms with Crippen LogP contribution in [-0.4, -0.2) is 23.7 Å². The molecule has 2 amide bonds. The van der Waals surface area contributed by atoms with Crippen LogP contribution < -0.4 is 10.6 Å². The van der Waals surface area contributed by atoms with Gasteiger partial charge in [-0.1, -0.05) is 6.92 Å². The van der Waals surface area contributed by atoms with Crippen LogP contribution >= 0.6 is 0 Å². The van der Waals surface area contributed by atoms with Gasteiger partial charge in [0.05, 0.1) is 5.92 Å². The van der Waals surface area contributed by atoms with Crippen molar-refractivity contribution < 1.29 is 32.3 Å². The third-order valence-electron chi connectivity index (χ3n) is 2.63. The van der Waals surface area contributed by atoms with Crippen LogP contribution in [0.15, 0.2) is 6.07 Å². The minimum atomic E-state index is -1.73. The molecule has 0 aliphatic rings. The van der Waals surface area contributed by atoms with Crippen LogP contribution in [0, 0.1) is 29.2 Å². The Kier molecular flexibility index (Phi) is 5.51. The number of nitrogens with one attached hydrogen (secondary N) is 2. The lowest BCUT2D eigenvalue weighted by Crippen LogP contribution is -2.32. The summed E-state index contributed by atoms with van der Waals surface area (Å²) in [7, 11) is 0. The molecule has 1 aromatic rings. The fraction of sp³-hybridized carbons (Fsp3) is 0.333. The summed E-state index contributed by atoms with van der Waals surface area (Å²) in [5.74, 6) is -8.56. The Bertz CT molecular complexity index is 540. The summed E-state index contributed by atoms with van der Waals surface area (Å²) in [6, 6.07) is -1.10. The average molecular weight is 308 g/mol. The zero-order chi connectivity index (χ0) is 16.2. The number of hydrogen-bond acceptors (Lipinski definition) is 2. The van der Waals surface area contributed by atoms with Crippen molar-refractivity contribution in [1.82, 2.24) is 5.32 Å². The van der Waals surface area contributed by atoms with Crippen molar-refractivity contribution in [1.29, 1.82) is 0 Å². The second-order valence-electron chi connectivity index (χ2n) is 4.25. The fourth-order valence-electron chi connectivity index (χ4n) is 1.37. The van der Waals surface area contributed by atoms with E-state index in [0.717, 1.165) is 0 Å². The molecule has 0 aliphatic heterocycles. The molecule has 21 heavy (non-hydrogen) atoms. The number of hydrogen-bond donors (Lipinski definition) is 3. The van der Waals surface area contributed by atoms with Crippen LogP contribution in [0.3, 0.4) is 0 Å². The molecule has 1 rings (SSSR count). The molecular formula is C12H12F4N2O3. The first-order chi connectivity index (χ1) is 9.73. The first kappa shape index (κ1) is 16.7. The Hall–Kier alpha value is -2.32. The standard InChI is InChI=1S/C12H12F4N2O3/c1-5(11(19)20)2-3-17-12(21)18-10-8(15)6(13)4-7(14)9(10)16/h4-5H,2-3H2,1H3,(H,19,20)(H2,17,18,21). The van der Waals surface area contributed by atoms with Gasteiger partial charge in [0.2, 0.25) is 0 Å². The van der Waals surface area contributed by atoms with Crippen LogP contribution in [-0.2, 0) is 4.79 Å². The van der Waals surface area contributed by atoms with Crippen molar-refractivity contribution >= 4 is 17.7 Å². The highest BCUT2D eigenvalue weighted by Gasteiger charge is 2.20. The van der Waals surface area contributed by atoms with Gasteiger partial charge in [0.25, 0.3) is 0 Å². The third kappa shape index (κ3) is 4.33. The average Bonchev–Trinajstić information content (AvgIpc) is 2.41. The van der Waals surface area contributed by atoms with Crippen molar-refractivity contribution in [3.8, 4) is 0 Å². The number of carbonyl (C=O) groups is 2. The number of carboxylic acids is 1. The van der Waals surface area contributed by atoms with Crippen LogP contribution in [0.25, 0.3) is 0 Å². The van der Waals surface area contributed by atoms with Crippen molar-refractivity contribution in [3.63, 3.8) is 0 Å². The molecule has 0 saturated carbocycles. The smallest absolute Gasteiger partial charge is 0.319 e. The topological polar surface area (TPSA) is 78.4 Å². The highest BCUT2D eigenvalue weighted by Crippen LogP contribution is 2.23. The molecule has 0 fully saturated rings. The molecular weight excluding hydrogens is 296 g/mol. The Labute approximate surface area is 117 Å². The van der Waals surface area contributed by atoms with Crippen LogP contribution in [0.5, 0.6) is 0 Å². The number of carbonyl (C=O) groups excluding carboxylic acids is 1. The van der Waals surface area contributed by atoms with Gasteiger partial charge < -0.3 is 15.7 Å². The lowest BCUT2D eigenvalue weighted by molar-refractivity contribution is -0.141. The summed E-state index contributed by atoms with van der Waals surface area (Å²) in [6.07, 6.45) is 0.0746. The molecule has 1 aromatic carbocycles. The fourth-order valence-corrected chi connectivity index (χ4v) is 1.37. The Morgan fingerprint density at radius 3 is 2.19 bits per heavy atom. The lowest BCUT2D eigenvalue weighted by Gasteiger charge is -2.11. The zero-order valence-corrected chi connectivity index (χ0v) is 10.8. The van der Waals surface area contributed by atoms with Crippen molar-refractivity contribution in [3.05, 3.63) is 29.3 Å². The summed E-state index contributed by atoms with van der Waals surface area (Å²) in [5, 5.41) is 12.4. The number of amides is 2. The van der Waals surface area contributed by atoms with Crippen molar-refractivity contribution in [2.75, 3.05) is 11.9 Å². The van der Waals surface area contributed by atoms with E-state index in [0.29, 0.717) is 0 Å². The predicted molar refractivity (Wildman–Crippen MR) is 64.7 cm³/mol. The van der Waals surface area contributed by atoms with Gasteiger partial charge in [-0.05, 0) is 6.42 Å². The molecule has 0 aromatic heterocycles.